The Bertz CT molecular complexity index is 1230. The first-order valence-corrected chi connectivity index (χ1v) is 12.0. The number of morpholine rings is 1. The van der Waals surface area contributed by atoms with Gasteiger partial charge in [0.2, 0.25) is 5.95 Å². The number of anilines is 2. The highest BCUT2D eigenvalue weighted by molar-refractivity contribution is 7.98. The van der Waals surface area contributed by atoms with Crippen LogP contribution in [0.25, 0.3) is 32.0 Å². The number of hydrogen-bond acceptors (Lipinski definition) is 9. The fraction of sp³-hybridized carbons (Fsp3) is 0.273. The van der Waals surface area contributed by atoms with Crippen molar-refractivity contribution in [3.05, 3.63) is 42.2 Å². The van der Waals surface area contributed by atoms with Gasteiger partial charge in [-0.25, -0.2) is 19.9 Å². The van der Waals surface area contributed by atoms with E-state index in [1.165, 1.54) is 15.3 Å². The molecule has 2 N–H and O–H groups in total. The summed E-state index contributed by atoms with van der Waals surface area (Å²) < 4.78 is 6.67. The topological polar surface area (TPSA) is 90.0 Å². The molecule has 4 aromatic rings. The monoisotopic (exact) mass is 450 g/mol. The Kier molecular flexibility index (Phi) is 5.47. The van der Waals surface area contributed by atoms with Crippen LogP contribution in [0.15, 0.2) is 41.6 Å². The van der Waals surface area contributed by atoms with Gasteiger partial charge in [0.25, 0.3) is 0 Å². The molecule has 0 amide bonds. The zero-order valence-corrected chi connectivity index (χ0v) is 19.0. The minimum absolute atomic E-state index is 0.237. The van der Waals surface area contributed by atoms with Gasteiger partial charge in [-0.2, -0.15) is 0 Å². The Morgan fingerprint density at radius 2 is 1.87 bits per heavy atom. The first kappa shape index (κ1) is 20.2. The minimum Gasteiger partial charge on any atom is -0.378 e. The first-order valence-electron chi connectivity index (χ1n) is 10.00. The average Bonchev–Trinajstić information content (AvgIpc) is 3.16. The standard InChI is InChI=1S/C22H22N6OS2/c1-13-17-19(31-18(13)14-4-3-5-16(10-14)30-2)21(28-6-8-29-9-7-28)27-20(26-17)15-11-24-22(23)25-12-15/h3-5,10-12H,6-9H2,1-2H3,(H2,23,24,25). The van der Waals surface area contributed by atoms with Crippen molar-refractivity contribution >= 4 is 45.1 Å². The number of hydrogen-bond donors (Lipinski definition) is 1. The smallest absolute Gasteiger partial charge is 0.219 e. The molecule has 31 heavy (non-hydrogen) atoms. The van der Waals surface area contributed by atoms with Gasteiger partial charge < -0.3 is 15.4 Å². The first-order chi connectivity index (χ1) is 15.1. The zero-order chi connectivity index (χ0) is 21.4. The second kappa shape index (κ2) is 8.41. The molecule has 0 radical (unpaired) electrons. The molecular formula is C22H22N6OS2. The van der Waals surface area contributed by atoms with Crippen molar-refractivity contribution < 1.29 is 4.74 Å². The Morgan fingerprint density at radius 3 is 2.61 bits per heavy atom. The van der Waals surface area contributed by atoms with E-state index in [1.807, 2.05) is 0 Å². The molecule has 0 unspecified atom stereocenters. The van der Waals surface area contributed by atoms with Gasteiger partial charge in [0.1, 0.15) is 0 Å². The van der Waals surface area contributed by atoms with Crippen LogP contribution in [-0.2, 0) is 4.74 Å². The lowest BCUT2D eigenvalue weighted by atomic mass is 10.1. The third-order valence-corrected chi connectivity index (χ3v) is 7.37. The van der Waals surface area contributed by atoms with Crippen LogP contribution in [0.5, 0.6) is 0 Å². The van der Waals surface area contributed by atoms with Gasteiger partial charge in [-0.3, -0.25) is 0 Å². The normalized spacial score (nSPS) is 14.3. The summed E-state index contributed by atoms with van der Waals surface area (Å²) >= 11 is 3.50. The summed E-state index contributed by atoms with van der Waals surface area (Å²) in [6, 6.07) is 8.64. The molecule has 0 bridgehead atoms. The molecule has 9 heteroatoms. The number of thiophene rings is 1. The lowest BCUT2D eigenvalue weighted by Gasteiger charge is -2.28. The predicted octanol–water partition coefficient (Wildman–Crippen LogP) is 4.26. The van der Waals surface area contributed by atoms with Crippen LogP contribution in [0.3, 0.4) is 0 Å². The van der Waals surface area contributed by atoms with E-state index < -0.39 is 0 Å². The molecule has 158 valence electrons. The van der Waals surface area contributed by atoms with Gasteiger partial charge in [-0.1, -0.05) is 12.1 Å². The molecule has 1 saturated heterocycles. The molecule has 1 aliphatic heterocycles. The van der Waals surface area contributed by atoms with E-state index in [4.69, 9.17) is 20.4 Å². The summed E-state index contributed by atoms with van der Waals surface area (Å²) in [6.45, 7) is 5.13. The van der Waals surface area contributed by atoms with Crippen LogP contribution >= 0.6 is 23.1 Å². The number of nitrogen functional groups attached to an aromatic ring is 1. The Balaban J connectivity index is 1.72. The lowest BCUT2D eigenvalue weighted by molar-refractivity contribution is 0.122. The van der Waals surface area contributed by atoms with Gasteiger partial charge in [0, 0.05) is 35.3 Å². The van der Waals surface area contributed by atoms with Crippen LogP contribution in [0.4, 0.5) is 11.8 Å². The van der Waals surface area contributed by atoms with E-state index in [0.717, 1.165) is 40.3 Å². The molecular weight excluding hydrogens is 428 g/mol. The van der Waals surface area contributed by atoms with E-state index in [2.05, 4.69) is 52.3 Å². The number of fused-ring (bicyclic) bond motifs is 1. The quantitative estimate of drug-likeness (QED) is 0.461. The van der Waals surface area contributed by atoms with Gasteiger partial charge in [0.15, 0.2) is 11.6 Å². The predicted molar refractivity (Wildman–Crippen MR) is 128 cm³/mol. The highest BCUT2D eigenvalue weighted by atomic mass is 32.2. The third kappa shape index (κ3) is 3.84. The summed E-state index contributed by atoms with van der Waals surface area (Å²) in [5, 5.41) is 0. The number of aromatic nitrogens is 4. The molecule has 0 aliphatic carbocycles. The number of ether oxygens (including phenoxy) is 1. The van der Waals surface area contributed by atoms with Crippen LogP contribution in [-0.4, -0.2) is 52.5 Å². The summed E-state index contributed by atoms with van der Waals surface area (Å²) in [4.78, 5) is 22.9. The maximum Gasteiger partial charge on any atom is 0.219 e. The summed E-state index contributed by atoms with van der Waals surface area (Å²) in [7, 11) is 0. The van der Waals surface area contributed by atoms with E-state index in [0.29, 0.717) is 19.0 Å². The van der Waals surface area contributed by atoms with Crippen molar-refractivity contribution in [1.29, 1.82) is 0 Å². The number of benzene rings is 1. The van der Waals surface area contributed by atoms with Gasteiger partial charge >= 0.3 is 0 Å². The summed E-state index contributed by atoms with van der Waals surface area (Å²) in [5.74, 6) is 1.79. The minimum atomic E-state index is 0.237. The van der Waals surface area contributed by atoms with Crippen LogP contribution in [0, 0.1) is 6.92 Å². The van der Waals surface area contributed by atoms with Crippen LogP contribution in [0.1, 0.15) is 5.56 Å². The molecule has 5 rings (SSSR count). The van der Waals surface area contributed by atoms with Gasteiger partial charge in [0.05, 0.1) is 29.0 Å². The highest BCUT2D eigenvalue weighted by Gasteiger charge is 2.23. The second-order valence-electron chi connectivity index (χ2n) is 7.27. The van der Waals surface area contributed by atoms with Crippen molar-refractivity contribution in [2.45, 2.75) is 11.8 Å². The van der Waals surface area contributed by atoms with Crippen molar-refractivity contribution in [2.75, 3.05) is 43.2 Å². The van der Waals surface area contributed by atoms with E-state index in [-0.39, 0.29) is 5.95 Å². The van der Waals surface area contributed by atoms with E-state index in [9.17, 15) is 0 Å². The van der Waals surface area contributed by atoms with Crippen LogP contribution < -0.4 is 10.6 Å². The van der Waals surface area contributed by atoms with E-state index >= 15 is 0 Å². The van der Waals surface area contributed by atoms with Gasteiger partial charge in [-0.15, -0.1) is 23.1 Å². The molecule has 7 nitrogen and oxygen atoms in total. The number of rotatable bonds is 4. The summed E-state index contributed by atoms with van der Waals surface area (Å²) in [5.41, 5.74) is 9.76. The van der Waals surface area contributed by atoms with Crippen molar-refractivity contribution in [3.8, 4) is 21.8 Å². The molecule has 0 spiro atoms. The van der Waals surface area contributed by atoms with E-state index in [1.54, 1.807) is 35.5 Å². The fourth-order valence-electron chi connectivity index (χ4n) is 3.68. The largest absolute Gasteiger partial charge is 0.378 e. The fourth-order valence-corrected chi connectivity index (χ4v) is 5.40. The average molecular weight is 451 g/mol. The Labute approximate surface area is 188 Å². The maximum absolute atomic E-state index is 5.67. The Morgan fingerprint density at radius 1 is 1.10 bits per heavy atom. The lowest BCUT2D eigenvalue weighted by Crippen LogP contribution is -2.36. The molecule has 1 aliphatic rings. The van der Waals surface area contributed by atoms with Crippen molar-refractivity contribution in [3.63, 3.8) is 0 Å². The van der Waals surface area contributed by atoms with Crippen LogP contribution in [0.2, 0.25) is 0 Å². The third-order valence-electron chi connectivity index (χ3n) is 5.32. The van der Waals surface area contributed by atoms with Gasteiger partial charge in [-0.05, 0) is 36.4 Å². The molecule has 0 saturated carbocycles. The number of aryl methyl sites for hydroxylation is 1. The van der Waals surface area contributed by atoms with Crippen molar-refractivity contribution in [1.82, 2.24) is 19.9 Å². The number of nitrogens with two attached hydrogens (primary N) is 1. The molecule has 1 aromatic carbocycles. The molecule has 1 fully saturated rings. The molecule has 0 atom stereocenters. The highest BCUT2D eigenvalue weighted by Crippen LogP contribution is 2.42. The SMILES string of the molecule is CSc1cccc(-c2sc3c(N4CCOCC4)nc(-c4cnc(N)nc4)nc3c2C)c1. The zero-order valence-electron chi connectivity index (χ0n) is 17.3. The Hall–Kier alpha value is -2.75. The molecule has 3 aromatic heterocycles. The maximum atomic E-state index is 5.67. The second-order valence-corrected chi connectivity index (χ2v) is 9.17. The van der Waals surface area contributed by atoms with Crippen molar-refractivity contribution in [2.24, 2.45) is 0 Å². The number of nitrogens with zero attached hydrogens (tertiary/aromatic N) is 5. The summed E-state index contributed by atoms with van der Waals surface area (Å²) in [6.07, 6.45) is 5.45. The molecule has 4 heterocycles. The number of thioether (sulfide) groups is 1.